The molecule has 0 saturated carbocycles. The maximum absolute atomic E-state index is 12.1. The number of rotatable bonds is 2. The van der Waals surface area contributed by atoms with Crippen LogP contribution in [0.1, 0.15) is 35.3 Å². The standard InChI is InChI=1S/C10H12F2OS/c1-10(2,3)7-5-4-6(14-7)8(13)9(11)12/h4-5,9H,1-3H3. The summed E-state index contributed by atoms with van der Waals surface area (Å²) >= 11 is 1.15. The molecule has 0 aliphatic heterocycles. The molecule has 1 aromatic heterocycles. The third-order valence-electron chi connectivity index (χ3n) is 1.79. The predicted octanol–water partition coefficient (Wildman–Crippen LogP) is 3.49. The zero-order valence-corrected chi connectivity index (χ0v) is 9.12. The molecule has 1 nitrogen and oxygen atoms in total. The van der Waals surface area contributed by atoms with Crippen molar-refractivity contribution in [3.63, 3.8) is 0 Å². The van der Waals surface area contributed by atoms with Gasteiger partial charge in [0.1, 0.15) is 0 Å². The van der Waals surface area contributed by atoms with E-state index in [1.807, 2.05) is 20.8 Å². The number of alkyl halides is 2. The van der Waals surface area contributed by atoms with Crippen LogP contribution < -0.4 is 0 Å². The Morgan fingerprint density at radius 3 is 2.29 bits per heavy atom. The first kappa shape index (κ1) is 11.3. The highest BCUT2D eigenvalue weighted by atomic mass is 32.1. The fourth-order valence-electron chi connectivity index (χ4n) is 0.981. The Bertz CT molecular complexity index is 336. The summed E-state index contributed by atoms with van der Waals surface area (Å²) in [5.74, 6) is -1.08. The second-order valence-corrected chi connectivity index (χ2v) is 5.16. The zero-order valence-electron chi connectivity index (χ0n) is 8.30. The fraction of sp³-hybridized carbons (Fsp3) is 0.500. The molecule has 1 heterocycles. The van der Waals surface area contributed by atoms with Crippen molar-refractivity contribution in [2.75, 3.05) is 0 Å². The van der Waals surface area contributed by atoms with Crippen molar-refractivity contribution in [2.45, 2.75) is 32.6 Å². The molecule has 0 unspecified atom stereocenters. The number of thiophene rings is 1. The van der Waals surface area contributed by atoms with Crippen LogP contribution in [0.15, 0.2) is 12.1 Å². The average molecular weight is 218 g/mol. The Kier molecular flexibility index (Phi) is 3.04. The first-order valence-corrected chi connectivity index (χ1v) is 5.06. The Morgan fingerprint density at radius 2 is 1.93 bits per heavy atom. The monoisotopic (exact) mass is 218 g/mol. The lowest BCUT2D eigenvalue weighted by Gasteiger charge is -2.15. The van der Waals surface area contributed by atoms with Gasteiger partial charge in [-0.1, -0.05) is 20.8 Å². The van der Waals surface area contributed by atoms with Crippen molar-refractivity contribution in [1.29, 1.82) is 0 Å². The smallest absolute Gasteiger partial charge is 0.287 e. The topological polar surface area (TPSA) is 17.1 Å². The van der Waals surface area contributed by atoms with E-state index >= 15 is 0 Å². The van der Waals surface area contributed by atoms with Gasteiger partial charge >= 0.3 is 6.43 Å². The summed E-state index contributed by atoms with van der Waals surface area (Å²) < 4.78 is 24.2. The highest BCUT2D eigenvalue weighted by Crippen LogP contribution is 2.30. The minimum Gasteiger partial charge on any atom is -0.287 e. The summed E-state index contributed by atoms with van der Waals surface area (Å²) in [6.07, 6.45) is -2.90. The fourth-order valence-corrected chi connectivity index (χ4v) is 1.99. The Balaban J connectivity index is 2.95. The average Bonchev–Trinajstić information content (AvgIpc) is 2.49. The lowest BCUT2D eigenvalue weighted by molar-refractivity contribution is 0.0683. The summed E-state index contributed by atoms with van der Waals surface area (Å²) in [6, 6.07) is 3.21. The van der Waals surface area contributed by atoms with Gasteiger partial charge in [-0.25, -0.2) is 8.78 Å². The molecule has 0 spiro atoms. The Labute approximate surface area is 85.8 Å². The molecule has 0 radical (unpaired) electrons. The molecule has 14 heavy (non-hydrogen) atoms. The molecule has 0 amide bonds. The summed E-state index contributed by atoms with van der Waals surface area (Å²) in [5, 5.41) is 0. The number of carbonyl (C=O) groups is 1. The zero-order chi connectivity index (χ0) is 10.9. The van der Waals surface area contributed by atoms with E-state index in [4.69, 9.17) is 0 Å². The molecule has 0 aromatic carbocycles. The molecule has 0 aliphatic rings. The van der Waals surface area contributed by atoms with Crippen LogP contribution >= 0.6 is 11.3 Å². The highest BCUT2D eigenvalue weighted by molar-refractivity contribution is 7.14. The van der Waals surface area contributed by atoms with Crippen LogP contribution in [0, 0.1) is 0 Å². The van der Waals surface area contributed by atoms with E-state index in [1.165, 1.54) is 6.07 Å². The molecule has 0 fully saturated rings. The van der Waals surface area contributed by atoms with Gasteiger partial charge in [-0.2, -0.15) is 0 Å². The van der Waals surface area contributed by atoms with Crippen molar-refractivity contribution < 1.29 is 13.6 Å². The van der Waals surface area contributed by atoms with Crippen molar-refractivity contribution in [3.05, 3.63) is 21.9 Å². The Hall–Kier alpha value is -0.770. The summed E-state index contributed by atoms with van der Waals surface area (Å²) in [5.41, 5.74) is -0.0919. The van der Waals surface area contributed by atoms with Gasteiger partial charge in [-0.05, 0) is 17.5 Å². The number of carbonyl (C=O) groups excluding carboxylic acids is 1. The van der Waals surface area contributed by atoms with Crippen LogP contribution in [0.2, 0.25) is 0 Å². The largest absolute Gasteiger partial charge is 0.301 e. The van der Waals surface area contributed by atoms with Crippen LogP contribution in [0.25, 0.3) is 0 Å². The molecule has 78 valence electrons. The van der Waals surface area contributed by atoms with Crippen LogP contribution in [-0.4, -0.2) is 12.2 Å². The van der Waals surface area contributed by atoms with E-state index < -0.39 is 12.2 Å². The minimum absolute atomic E-state index is 0.0919. The van der Waals surface area contributed by atoms with Crippen molar-refractivity contribution in [3.8, 4) is 0 Å². The number of hydrogen-bond donors (Lipinski definition) is 0. The van der Waals surface area contributed by atoms with E-state index in [2.05, 4.69) is 0 Å². The lowest BCUT2D eigenvalue weighted by Crippen LogP contribution is -2.09. The summed E-state index contributed by atoms with van der Waals surface area (Å²) in [6.45, 7) is 5.94. The maximum Gasteiger partial charge on any atom is 0.301 e. The minimum atomic E-state index is -2.90. The second-order valence-electron chi connectivity index (χ2n) is 4.08. The van der Waals surface area contributed by atoms with E-state index in [9.17, 15) is 13.6 Å². The van der Waals surface area contributed by atoms with Gasteiger partial charge in [-0.3, -0.25) is 4.79 Å². The SMILES string of the molecule is CC(C)(C)c1ccc(C(=O)C(F)F)s1. The number of Topliss-reactive ketones (excluding diaryl/α,β-unsaturated/α-hetero) is 1. The number of halogens is 2. The molecular weight excluding hydrogens is 206 g/mol. The van der Waals surface area contributed by atoms with Gasteiger partial charge < -0.3 is 0 Å². The quantitative estimate of drug-likeness (QED) is 0.694. The van der Waals surface area contributed by atoms with Crippen LogP contribution in [-0.2, 0) is 5.41 Å². The molecule has 4 heteroatoms. The first-order valence-electron chi connectivity index (χ1n) is 4.25. The molecule has 0 bridgehead atoms. The van der Waals surface area contributed by atoms with Gasteiger partial charge in [0.05, 0.1) is 4.88 Å². The maximum atomic E-state index is 12.1. The Morgan fingerprint density at radius 1 is 1.36 bits per heavy atom. The van der Waals surface area contributed by atoms with Crippen LogP contribution in [0.5, 0.6) is 0 Å². The van der Waals surface area contributed by atoms with Crippen LogP contribution in [0.3, 0.4) is 0 Å². The van der Waals surface area contributed by atoms with Crippen molar-refractivity contribution in [1.82, 2.24) is 0 Å². The summed E-state index contributed by atoms with van der Waals surface area (Å²) in [4.78, 5) is 12.0. The van der Waals surface area contributed by atoms with E-state index in [0.29, 0.717) is 0 Å². The van der Waals surface area contributed by atoms with E-state index in [0.717, 1.165) is 16.2 Å². The summed E-state index contributed by atoms with van der Waals surface area (Å²) in [7, 11) is 0. The second kappa shape index (κ2) is 3.77. The third-order valence-corrected chi connectivity index (χ3v) is 3.31. The molecule has 0 atom stereocenters. The normalized spacial score (nSPS) is 12.1. The molecular formula is C10H12F2OS. The lowest BCUT2D eigenvalue weighted by atomic mass is 9.95. The van der Waals surface area contributed by atoms with Gasteiger partial charge in [0, 0.05) is 4.88 Å². The van der Waals surface area contributed by atoms with Crippen molar-refractivity contribution >= 4 is 17.1 Å². The first-order chi connectivity index (χ1) is 6.32. The molecule has 1 rings (SSSR count). The molecule has 0 saturated heterocycles. The van der Waals surface area contributed by atoms with E-state index in [-0.39, 0.29) is 10.3 Å². The number of ketones is 1. The molecule has 1 aromatic rings. The predicted molar refractivity (Wildman–Crippen MR) is 53.4 cm³/mol. The van der Waals surface area contributed by atoms with E-state index in [1.54, 1.807) is 6.07 Å². The van der Waals surface area contributed by atoms with Gasteiger partial charge in [0.15, 0.2) is 0 Å². The third kappa shape index (κ3) is 2.38. The van der Waals surface area contributed by atoms with Crippen LogP contribution in [0.4, 0.5) is 8.78 Å². The van der Waals surface area contributed by atoms with Gasteiger partial charge in [0.2, 0.25) is 5.78 Å². The van der Waals surface area contributed by atoms with Gasteiger partial charge in [0.25, 0.3) is 0 Å². The molecule has 0 N–H and O–H groups in total. The molecule has 0 aliphatic carbocycles. The van der Waals surface area contributed by atoms with Gasteiger partial charge in [-0.15, -0.1) is 11.3 Å². The number of hydrogen-bond acceptors (Lipinski definition) is 2. The highest BCUT2D eigenvalue weighted by Gasteiger charge is 2.22. The van der Waals surface area contributed by atoms with Crippen molar-refractivity contribution in [2.24, 2.45) is 0 Å².